The molecule has 0 amide bonds. The molecule has 0 spiro atoms. The first-order valence-electron chi connectivity index (χ1n) is 6.86. The van der Waals surface area contributed by atoms with Crippen molar-refractivity contribution in [3.05, 3.63) is 35.9 Å². The van der Waals surface area contributed by atoms with E-state index in [2.05, 4.69) is 55.6 Å². The van der Waals surface area contributed by atoms with Crippen molar-refractivity contribution in [3.8, 4) is 6.07 Å². The van der Waals surface area contributed by atoms with Gasteiger partial charge in [-0.2, -0.15) is 5.26 Å². The van der Waals surface area contributed by atoms with E-state index in [9.17, 15) is 0 Å². The van der Waals surface area contributed by atoms with Gasteiger partial charge in [-0.25, -0.2) is 0 Å². The maximum Gasteiger partial charge on any atom is 0.0638 e. The minimum atomic E-state index is 0.323. The average Bonchev–Trinajstić information content (AvgIpc) is 2.37. The first-order chi connectivity index (χ1) is 8.68. The topological polar surface area (TPSA) is 35.8 Å². The lowest BCUT2D eigenvalue weighted by molar-refractivity contribution is 0.175. The predicted octanol–water partition coefficient (Wildman–Crippen LogP) is 3.39. The molecule has 2 heteroatoms. The van der Waals surface area contributed by atoms with Gasteiger partial charge in [-0.05, 0) is 30.2 Å². The van der Waals surface area contributed by atoms with Gasteiger partial charge in [0.1, 0.15) is 0 Å². The van der Waals surface area contributed by atoms with Crippen LogP contribution in [0.2, 0.25) is 0 Å². The van der Waals surface area contributed by atoms with E-state index in [0.29, 0.717) is 23.9 Å². The Bertz CT molecular complexity index is 412. The fraction of sp³-hybridized carbons (Fsp3) is 0.562. The highest BCUT2D eigenvalue weighted by molar-refractivity contribution is 5.28. The highest BCUT2D eigenvalue weighted by Gasteiger charge is 2.41. The summed E-state index contributed by atoms with van der Waals surface area (Å²) in [6.45, 7) is 4.48. The van der Waals surface area contributed by atoms with Gasteiger partial charge in [0, 0.05) is 12.1 Å². The van der Waals surface area contributed by atoms with Gasteiger partial charge in [-0.1, -0.05) is 44.2 Å². The number of nitriles is 1. The summed E-state index contributed by atoms with van der Waals surface area (Å²) in [6, 6.07) is 14.0. The molecular weight excluding hydrogens is 220 g/mol. The second-order valence-electron chi connectivity index (χ2n) is 5.67. The fourth-order valence-electron chi connectivity index (χ4n) is 2.99. The second kappa shape index (κ2) is 5.54. The van der Waals surface area contributed by atoms with Gasteiger partial charge in [-0.3, -0.25) is 0 Å². The molecule has 0 aliphatic heterocycles. The lowest BCUT2D eigenvalue weighted by Crippen LogP contribution is -2.52. The summed E-state index contributed by atoms with van der Waals surface area (Å²) in [5.74, 6) is 0. The molecule has 1 aromatic carbocycles. The number of rotatable bonds is 5. The van der Waals surface area contributed by atoms with Gasteiger partial charge in [0.15, 0.2) is 0 Å². The molecule has 1 atom stereocenters. The van der Waals surface area contributed by atoms with Crippen molar-refractivity contribution in [2.24, 2.45) is 0 Å². The number of hydrogen-bond acceptors (Lipinski definition) is 2. The Morgan fingerprint density at radius 3 is 2.61 bits per heavy atom. The van der Waals surface area contributed by atoms with Gasteiger partial charge < -0.3 is 5.32 Å². The Kier molecular flexibility index (Phi) is 4.04. The molecule has 2 rings (SSSR count). The Hall–Kier alpha value is -1.33. The maximum absolute atomic E-state index is 8.76. The van der Waals surface area contributed by atoms with Gasteiger partial charge >= 0.3 is 0 Å². The summed E-state index contributed by atoms with van der Waals surface area (Å²) in [5.41, 5.74) is 1.76. The third-order valence-electron chi connectivity index (χ3n) is 4.17. The van der Waals surface area contributed by atoms with E-state index < -0.39 is 0 Å². The van der Waals surface area contributed by atoms with Crippen LogP contribution < -0.4 is 5.32 Å². The van der Waals surface area contributed by atoms with E-state index in [4.69, 9.17) is 5.26 Å². The van der Waals surface area contributed by atoms with Crippen molar-refractivity contribution < 1.29 is 0 Å². The van der Waals surface area contributed by atoms with Crippen LogP contribution in [-0.4, -0.2) is 12.1 Å². The lowest BCUT2D eigenvalue weighted by Gasteiger charge is -2.47. The first-order valence-corrected chi connectivity index (χ1v) is 6.86. The third-order valence-corrected chi connectivity index (χ3v) is 4.17. The van der Waals surface area contributed by atoms with Crippen molar-refractivity contribution in [1.82, 2.24) is 5.32 Å². The molecule has 2 nitrogen and oxygen atoms in total. The smallest absolute Gasteiger partial charge is 0.0638 e. The van der Waals surface area contributed by atoms with Crippen molar-refractivity contribution in [2.75, 3.05) is 0 Å². The van der Waals surface area contributed by atoms with Crippen LogP contribution in [0.3, 0.4) is 0 Å². The third kappa shape index (κ3) is 2.73. The normalized spacial score (nSPS) is 28.2. The largest absolute Gasteiger partial charge is 0.310 e. The van der Waals surface area contributed by atoms with Crippen LogP contribution in [0.4, 0.5) is 0 Å². The van der Waals surface area contributed by atoms with E-state index in [-0.39, 0.29) is 0 Å². The standard InChI is InChI=1S/C16H22N2/c1-3-14(9-10-17)18-15-11-16(2,12-15)13-7-5-4-6-8-13/h4-8,14-15,18H,3,9,11-12H2,1-2H3/t14-,15?,16?/m1/s1. The molecule has 0 heterocycles. The van der Waals surface area contributed by atoms with Crippen LogP contribution in [0.25, 0.3) is 0 Å². The molecule has 96 valence electrons. The van der Waals surface area contributed by atoms with Gasteiger partial charge in [0.05, 0.1) is 12.5 Å². The van der Waals surface area contributed by atoms with Crippen LogP contribution >= 0.6 is 0 Å². The molecule has 1 fully saturated rings. The van der Waals surface area contributed by atoms with Crippen molar-refractivity contribution >= 4 is 0 Å². The van der Waals surface area contributed by atoms with E-state index in [0.717, 1.165) is 6.42 Å². The molecule has 1 N–H and O–H groups in total. The predicted molar refractivity (Wildman–Crippen MR) is 74.3 cm³/mol. The van der Waals surface area contributed by atoms with Crippen LogP contribution in [-0.2, 0) is 5.41 Å². The maximum atomic E-state index is 8.76. The molecule has 0 bridgehead atoms. The SMILES string of the molecule is CC[C@H](CC#N)NC1CC(C)(c2ccccc2)C1. The summed E-state index contributed by atoms with van der Waals surface area (Å²) < 4.78 is 0. The number of nitrogens with zero attached hydrogens (tertiary/aromatic N) is 1. The zero-order chi connectivity index (χ0) is 13.0. The van der Waals surface area contributed by atoms with Crippen LogP contribution in [0, 0.1) is 11.3 Å². The van der Waals surface area contributed by atoms with Crippen LogP contribution in [0.1, 0.15) is 45.1 Å². The Labute approximate surface area is 110 Å². The van der Waals surface area contributed by atoms with Crippen molar-refractivity contribution in [3.63, 3.8) is 0 Å². The van der Waals surface area contributed by atoms with Crippen molar-refractivity contribution in [2.45, 2.75) is 57.0 Å². The molecular formula is C16H22N2. The Morgan fingerprint density at radius 1 is 1.39 bits per heavy atom. The molecule has 0 radical (unpaired) electrons. The molecule has 1 aromatic rings. The van der Waals surface area contributed by atoms with E-state index in [1.54, 1.807) is 0 Å². The highest BCUT2D eigenvalue weighted by atomic mass is 15.0. The molecule has 0 unspecified atom stereocenters. The fourth-order valence-corrected chi connectivity index (χ4v) is 2.99. The summed E-state index contributed by atoms with van der Waals surface area (Å²) in [7, 11) is 0. The minimum Gasteiger partial charge on any atom is -0.310 e. The first kappa shape index (κ1) is 13.1. The number of hydrogen-bond donors (Lipinski definition) is 1. The highest BCUT2D eigenvalue weighted by Crippen LogP contribution is 2.43. The van der Waals surface area contributed by atoms with E-state index in [1.165, 1.54) is 18.4 Å². The average molecular weight is 242 g/mol. The number of nitrogens with one attached hydrogen (secondary N) is 1. The summed E-state index contributed by atoms with van der Waals surface area (Å²) in [4.78, 5) is 0. The lowest BCUT2D eigenvalue weighted by atomic mass is 9.63. The van der Waals surface area contributed by atoms with E-state index >= 15 is 0 Å². The summed E-state index contributed by atoms with van der Waals surface area (Å²) in [5, 5.41) is 12.4. The summed E-state index contributed by atoms with van der Waals surface area (Å²) in [6.07, 6.45) is 4.01. The van der Waals surface area contributed by atoms with Gasteiger partial charge in [-0.15, -0.1) is 0 Å². The van der Waals surface area contributed by atoms with Gasteiger partial charge in [0.25, 0.3) is 0 Å². The minimum absolute atomic E-state index is 0.323. The molecule has 0 saturated heterocycles. The molecule has 0 aromatic heterocycles. The summed E-state index contributed by atoms with van der Waals surface area (Å²) >= 11 is 0. The van der Waals surface area contributed by atoms with Gasteiger partial charge in [0.2, 0.25) is 0 Å². The molecule has 1 aliphatic carbocycles. The molecule has 1 saturated carbocycles. The molecule has 1 aliphatic rings. The monoisotopic (exact) mass is 242 g/mol. The van der Waals surface area contributed by atoms with Crippen molar-refractivity contribution in [1.29, 1.82) is 5.26 Å². The van der Waals surface area contributed by atoms with Crippen LogP contribution in [0.5, 0.6) is 0 Å². The quantitative estimate of drug-likeness (QED) is 0.859. The van der Waals surface area contributed by atoms with E-state index in [1.807, 2.05) is 0 Å². The number of benzene rings is 1. The zero-order valence-electron chi connectivity index (χ0n) is 11.3. The molecule has 18 heavy (non-hydrogen) atoms. The Balaban J connectivity index is 1.88. The van der Waals surface area contributed by atoms with Crippen LogP contribution in [0.15, 0.2) is 30.3 Å². The zero-order valence-corrected chi connectivity index (χ0v) is 11.3. The Morgan fingerprint density at radius 2 is 2.06 bits per heavy atom. The second-order valence-corrected chi connectivity index (χ2v) is 5.67.